The molecule has 1 aromatic heterocycles. The fraction of sp³-hybridized carbons (Fsp3) is 0.412. The van der Waals surface area contributed by atoms with Gasteiger partial charge in [-0.15, -0.1) is 11.3 Å². The van der Waals surface area contributed by atoms with Crippen molar-refractivity contribution in [3.05, 3.63) is 46.8 Å². The minimum Gasteiger partial charge on any atom is -0.309 e. The largest absolute Gasteiger partial charge is 0.309 e. The molecule has 0 fully saturated rings. The van der Waals surface area contributed by atoms with Crippen molar-refractivity contribution in [2.24, 2.45) is 5.92 Å². The van der Waals surface area contributed by atoms with Gasteiger partial charge in [0.15, 0.2) is 0 Å². The van der Waals surface area contributed by atoms with Gasteiger partial charge in [-0.3, -0.25) is 0 Å². The number of nitrogens with one attached hydrogen (secondary N) is 1. The van der Waals surface area contributed by atoms with Crippen molar-refractivity contribution in [3.63, 3.8) is 0 Å². The summed E-state index contributed by atoms with van der Waals surface area (Å²) in [6.07, 6.45) is 0. The molecule has 1 heterocycles. The molecule has 0 aliphatic heterocycles. The molecular formula is C17H23NS. The minimum atomic E-state index is 0.560. The Kier molecular flexibility index (Phi) is 4.78. The average Bonchev–Trinajstić information content (AvgIpc) is 2.85. The van der Waals surface area contributed by atoms with E-state index in [2.05, 4.69) is 69.4 Å². The fourth-order valence-corrected chi connectivity index (χ4v) is 2.81. The summed E-state index contributed by atoms with van der Waals surface area (Å²) in [6, 6.07) is 13.8. The van der Waals surface area contributed by atoms with Crippen molar-refractivity contribution in [1.29, 1.82) is 0 Å². The summed E-state index contributed by atoms with van der Waals surface area (Å²) >= 11 is 1.88. The van der Waals surface area contributed by atoms with Gasteiger partial charge in [-0.25, -0.2) is 0 Å². The number of rotatable bonds is 5. The summed E-state index contributed by atoms with van der Waals surface area (Å²) in [4.78, 5) is 2.76. The van der Waals surface area contributed by atoms with E-state index < -0.39 is 0 Å². The first-order chi connectivity index (χ1) is 9.06. The lowest BCUT2D eigenvalue weighted by Crippen LogP contribution is -2.29. The van der Waals surface area contributed by atoms with Crippen LogP contribution in [-0.4, -0.2) is 6.04 Å². The van der Waals surface area contributed by atoms with Crippen LogP contribution in [0.25, 0.3) is 10.4 Å². The molecule has 1 aromatic carbocycles. The molecule has 1 N–H and O–H groups in total. The van der Waals surface area contributed by atoms with Crippen LogP contribution in [-0.2, 0) is 6.54 Å². The van der Waals surface area contributed by atoms with E-state index in [0.29, 0.717) is 12.0 Å². The number of thiophene rings is 1. The van der Waals surface area contributed by atoms with Crippen molar-refractivity contribution in [2.75, 3.05) is 0 Å². The van der Waals surface area contributed by atoms with Gasteiger partial charge < -0.3 is 5.32 Å². The number of hydrogen-bond donors (Lipinski definition) is 1. The predicted molar refractivity (Wildman–Crippen MR) is 85.6 cm³/mol. The zero-order valence-electron chi connectivity index (χ0n) is 12.2. The van der Waals surface area contributed by atoms with Gasteiger partial charge in [0, 0.05) is 22.3 Å². The molecule has 102 valence electrons. The lowest BCUT2D eigenvalue weighted by Gasteiger charge is -2.16. The van der Waals surface area contributed by atoms with E-state index in [-0.39, 0.29) is 0 Å². The van der Waals surface area contributed by atoms with Crippen LogP contribution in [0, 0.1) is 12.8 Å². The molecule has 0 radical (unpaired) electrons. The highest BCUT2D eigenvalue weighted by molar-refractivity contribution is 7.15. The Bertz CT molecular complexity index is 510. The lowest BCUT2D eigenvalue weighted by molar-refractivity contribution is 0.428. The maximum absolute atomic E-state index is 3.58. The predicted octanol–water partition coefficient (Wildman–Crippen LogP) is 4.86. The topological polar surface area (TPSA) is 12.0 Å². The van der Waals surface area contributed by atoms with E-state index in [9.17, 15) is 0 Å². The second-order valence-corrected chi connectivity index (χ2v) is 6.71. The Morgan fingerprint density at radius 3 is 2.32 bits per heavy atom. The quantitative estimate of drug-likeness (QED) is 0.820. The maximum atomic E-state index is 3.58. The highest BCUT2D eigenvalue weighted by Crippen LogP contribution is 2.28. The van der Waals surface area contributed by atoms with Gasteiger partial charge in [-0.2, -0.15) is 0 Å². The van der Waals surface area contributed by atoms with Gasteiger partial charge >= 0.3 is 0 Å². The molecule has 2 aromatic rings. The van der Waals surface area contributed by atoms with Crippen LogP contribution in [0.4, 0.5) is 0 Å². The van der Waals surface area contributed by atoms with Crippen molar-refractivity contribution in [1.82, 2.24) is 5.32 Å². The Hall–Kier alpha value is -1.12. The Morgan fingerprint density at radius 2 is 1.68 bits per heavy atom. The summed E-state index contributed by atoms with van der Waals surface area (Å²) in [6.45, 7) is 9.85. The Labute approximate surface area is 120 Å². The third-order valence-corrected chi connectivity index (χ3v) is 4.73. The molecule has 1 nitrogen and oxygen atoms in total. The second-order valence-electron chi connectivity index (χ2n) is 5.55. The summed E-state index contributed by atoms with van der Waals surface area (Å²) in [7, 11) is 0. The third kappa shape index (κ3) is 3.92. The van der Waals surface area contributed by atoms with E-state index in [1.807, 2.05) is 11.3 Å². The van der Waals surface area contributed by atoms with Crippen LogP contribution in [0.5, 0.6) is 0 Å². The minimum absolute atomic E-state index is 0.560. The lowest BCUT2D eigenvalue weighted by atomic mass is 10.1. The van der Waals surface area contributed by atoms with E-state index in [0.717, 1.165) is 6.54 Å². The number of hydrogen-bond acceptors (Lipinski definition) is 2. The zero-order chi connectivity index (χ0) is 13.8. The molecule has 2 rings (SSSR count). The maximum Gasteiger partial charge on any atom is 0.0346 e. The number of aryl methyl sites for hydroxylation is 1. The van der Waals surface area contributed by atoms with Crippen LogP contribution >= 0.6 is 11.3 Å². The summed E-state index contributed by atoms with van der Waals surface area (Å²) < 4.78 is 0. The average molecular weight is 273 g/mol. The highest BCUT2D eigenvalue weighted by atomic mass is 32.1. The van der Waals surface area contributed by atoms with Crippen LogP contribution in [0.2, 0.25) is 0 Å². The van der Waals surface area contributed by atoms with Crippen molar-refractivity contribution >= 4 is 11.3 Å². The molecule has 0 saturated carbocycles. The van der Waals surface area contributed by atoms with Crippen LogP contribution < -0.4 is 5.32 Å². The molecule has 19 heavy (non-hydrogen) atoms. The van der Waals surface area contributed by atoms with Crippen molar-refractivity contribution in [2.45, 2.75) is 40.3 Å². The van der Waals surface area contributed by atoms with Crippen molar-refractivity contribution in [3.8, 4) is 10.4 Å². The van der Waals surface area contributed by atoms with Crippen LogP contribution in [0.1, 0.15) is 31.2 Å². The summed E-state index contributed by atoms with van der Waals surface area (Å²) in [5.41, 5.74) is 2.63. The molecule has 2 heteroatoms. The summed E-state index contributed by atoms with van der Waals surface area (Å²) in [5.74, 6) is 0.677. The molecule has 0 aliphatic carbocycles. The van der Waals surface area contributed by atoms with E-state index in [4.69, 9.17) is 0 Å². The monoisotopic (exact) mass is 273 g/mol. The fourth-order valence-electron chi connectivity index (χ4n) is 1.84. The van der Waals surface area contributed by atoms with E-state index in [1.165, 1.54) is 20.9 Å². The van der Waals surface area contributed by atoms with E-state index in [1.54, 1.807) is 0 Å². The van der Waals surface area contributed by atoms with Gasteiger partial charge in [0.25, 0.3) is 0 Å². The Balaban J connectivity index is 2.01. The van der Waals surface area contributed by atoms with Gasteiger partial charge in [0.05, 0.1) is 0 Å². The Morgan fingerprint density at radius 1 is 1.00 bits per heavy atom. The second kappa shape index (κ2) is 6.36. The molecule has 1 atom stereocenters. The van der Waals surface area contributed by atoms with Gasteiger partial charge in [-0.05, 0) is 37.5 Å². The van der Waals surface area contributed by atoms with Crippen LogP contribution in [0.3, 0.4) is 0 Å². The van der Waals surface area contributed by atoms with Gasteiger partial charge in [-0.1, -0.05) is 43.7 Å². The zero-order valence-corrected chi connectivity index (χ0v) is 13.1. The molecule has 0 aliphatic rings. The molecular weight excluding hydrogens is 250 g/mol. The molecule has 0 amide bonds. The van der Waals surface area contributed by atoms with Crippen molar-refractivity contribution < 1.29 is 0 Å². The van der Waals surface area contributed by atoms with Gasteiger partial charge in [0.1, 0.15) is 0 Å². The SMILES string of the molecule is Cc1ccc(-c2ccc(CN[C@@H](C)C(C)C)s2)cc1. The first kappa shape index (κ1) is 14.3. The van der Waals surface area contributed by atoms with Crippen LogP contribution in [0.15, 0.2) is 36.4 Å². The normalized spacial score (nSPS) is 12.9. The summed E-state index contributed by atoms with van der Waals surface area (Å²) in [5, 5.41) is 3.58. The molecule has 0 saturated heterocycles. The number of benzene rings is 1. The van der Waals surface area contributed by atoms with Gasteiger partial charge in [0.2, 0.25) is 0 Å². The molecule has 0 unspecified atom stereocenters. The molecule has 0 bridgehead atoms. The first-order valence-electron chi connectivity index (χ1n) is 6.95. The highest BCUT2D eigenvalue weighted by Gasteiger charge is 2.07. The smallest absolute Gasteiger partial charge is 0.0346 e. The first-order valence-corrected chi connectivity index (χ1v) is 7.77. The molecule has 0 spiro atoms. The van der Waals surface area contributed by atoms with E-state index >= 15 is 0 Å². The standard InChI is InChI=1S/C17H23NS/c1-12(2)14(4)18-11-16-9-10-17(19-16)15-7-5-13(3)6-8-15/h5-10,12,14,18H,11H2,1-4H3/t14-/m0/s1. The third-order valence-electron chi connectivity index (χ3n) is 3.60.